The Morgan fingerprint density at radius 3 is 2.80 bits per heavy atom. The van der Waals surface area contributed by atoms with Crippen LogP contribution in [0.3, 0.4) is 0 Å². The summed E-state index contributed by atoms with van der Waals surface area (Å²) in [5.41, 5.74) is 1.56. The number of hydrogen-bond donors (Lipinski definition) is 0. The molecule has 0 aromatic heterocycles. The number of aliphatic imine (C=N–C) groups is 1. The van der Waals surface area contributed by atoms with Crippen LogP contribution in [-0.2, 0) is 9.59 Å². The average molecular weight is 198 g/mol. The molecule has 0 fully saturated rings. The molecule has 0 saturated carbocycles. The summed E-state index contributed by atoms with van der Waals surface area (Å²) >= 11 is 0. The van der Waals surface area contributed by atoms with E-state index >= 15 is 0 Å². The van der Waals surface area contributed by atoms with Crippen molar-refractivity contribution in [1.82, 2.24) is 0 Å². The van der Waals surface area contributed by atoms with E-state index in [0.717, 1.165) is 11.3 Å². The molecule has 2 aliphatic heterocycles. The second kappa shape index (κ2) is 2.63. The third kappa shape index (κ3) is 0.985. The standard InChI is InChI=1S/C11H6N2O2/c14-9-5-10-12-6-7-3-1-2-4-8(7)13(10)11(9)15/h1-6H. The Balaban J connectivity index is 2.24. The van der Waals surface area contributed by atoms with Crippen LogP contribution in [0.1, 0.15) is 5.56 Å². The molecule has 0 atom stereocenters. The first-order chi connectivity index (χ1) is 7.27. The number of carbonyl (C=O) groups excluding carboxylic acids is 2. The number of benzene rings is 1. The van der Waals surface area contributed by atoms with Gasteiger partial charge in [0.1, 0.15) is 5.82 Å². The normalized spacial score (nSPS) is 17.6. The van der Waals surface area contributed by atoms with Gasteiger partial charge in [0.2, 0.25) is 5.78 Å². The highest BCUT2D eigenvalue weighted by Crippen LogP contribution is 2.30. The highest BCUT2D eigenvalue weighted by atomic mass is 16.2. The molecule has 0 unspecified atom stereocenters. The SMILES string of the molecule is O=C1C=C2N=Cc3ccccc3N2C1=O. The molecule has 0 saturated heterocycles. The molecule has 2 heterocycles. The van der Waals surface area contributed by atoms with Crippen molar-refractivity contribution in [3.05, 3.63) is 41.7 Å². The summed E-state index contributed by atoms with van der Waals surface area (Å²) in [6.45, 7) is 0. The summed E-state index contributed by atoms with van der Waals surface area (Å²) in [5.74, 6) is -0.642. The molecule has 0 bridgehead atoms. The molecule has 3 rings (SSSR count). The number of para-hydroxylation sites is 1. The number of anilines is 1. The molecular formula is C11H6N2O2. The lowest BCUT2D eigenvalue weighted by Gasteiger charge is -2.22. The van der Waals surface area contributed by atoms with Gasteiger partial charge in [-0.25, -0.2) is 4.99 Å². The summed E-state index contributed by atoms with van der Waals surface area (Å²) in [7, 11) is 0. The topological polar surface area (TPSA) is 49.7 Å². The van der Waals surface area contributed by atoms with Gasteiger partial charge in [-0.3, -0.25) is 14.5 Å². The van der Waals surface area contributed by atoms with Crippen molar-refractivity contribution in [2.45, 2.75) is 0 Å². The number of fused-ring (bicyclic) bond motifs is 3. The van der Waals surface area contributed by atoms with Gasteiger partial charge in [-0.1, -0.05) is 18.2 Å². The van der Waals surface area contributed by atoms with Crippen molar-refractivity contribution in [2.75, 3.05) is 4.90 Å². The molecule has 15 heavy (non-hydrogen) atoms. The van der Waals surface area contributed by atoms with Gasteiger partial charge in [0, 0.05) is 17.9 Å². The van der Waals surface area contributed by atoms with Crippen LogP contribution in [0, 0.1) is 0 Å². The van der Waals surface area contributed by atoms with Crippen LogP contribution in [0.25, 0.3) is 0 Å². The van der Waals surface area contributed by atoms with Crippen molar-refractivity contribution < 1.29 is 9.59 Å². The molecular weight excluding hydrogens is 192 g/mol. The summed E-state index contributed by atoms with van der Waals surface area (Å²) in [5, 5.41) is 0. The molecule has 0 aliphatic carbocycles. The van der Waals surface area contributed by atoms with Crippen molar-refractivity contribution in [2.24, 2.45) is 4.99 Å². The van der Waals surface area contributed by atoms with E-state index in [9.17, 15) is 9.59 Å². The Morgan fingerprint density at radius 1 is 1.13 bits per heavy atom. The number of amides is 1. The molecule has 0 spiro atoms. The summed E-state index contributed by atoms with van der Waals surface area (Å²) in [4.78, 5) is 28.2. The smallest absolute Gasteiger partial charge is 0.284 e. The first-order valence-electron chi connectivity index (χ1n) is 4.50. The number of nitrogens with zero attached hydrogens (tertiary/aromatic N) is 2. The number of hydrogen-bond acceptors (Lipinski definition) is 3. The lowest BCUT2D eigenvalue weighted by Crippen LogP contribution is -2.30. The lowest BCUT2D eigenvalue weighted by atomic mass is 10.1. The van der Waals surface area contributed by atoms with Crippen molar-refractivity contribution in [1.29, 1.82) is 0 Å². The third-order valence-electron chi connectivity index (χ3n) is 2.42. The Labute approximate surface area is 85.5 Å². The van der Waals surface area contributed by atoms with Gasteiger partial charge < -0.3 is 0 Å². The van der Waals surface area contributed by atoms with Crippen molar-refractivity contribution >= 4 is 23.6 Å². The van der Waals surface area contributed by atoms with E-state index in [1.165, 1.54) is 11.0 Å². The Kier molecular flexibility index (Phi) is 1.42. The van der Waals surface area contributed by atoms with Gasteiger partial charge in [0.05, 0.1) is 5.69 Å². The molecule has 4 heteroatoms. The van der Waals surface area contributed by atoms with Crippen LogP contribution < -0.4 is 4.90 Å². The Hall–Kier alpha value is -2.23. The number of carbonyl (C=O) groups is 2. The molecule has 72 valence electrons. The maximum Gasteiger partial charge on any atom is 0.304 e. The van der Waals surface area contributed by atoms with Gasteiger partial charge >= 0.3 is 5.91 Å². The largest absolute Gasteiger partial charge is 0.304 e. The van der Waals surface area contributed by atoms with E-state index in [4.69, 9.17) is 0 Å². The second-order valence-corrected chi connectivity index (χ2v) is 3.32. The minimum absolute atomic E-state index is 0.406. The molecule has 1 aromatic rings. The van der Waals surface area contributed by atoms with Crippen LogP contribution >= 0.6 is 0 Å². The minimum atomic E-state index is -0.533. The molecule has 4 nitrogen and oxygen atoms in total. The zero-order chi connectivity index (χ0) is 10.4. The fraction of sp³-hybridized carbons (Fsp3) is 0. The van der Waals surface area contributed by atoms with Crippen LogP contribution in [0.2, 0.25) is 0 Å². The van der Waals surface area contributed by atoms with Gasteiger partial charge in [-0.05, 0) is 6.07 Å². The molecule has 0 N–H and O–H groups in total. The first kappa shape index (κ1) is 8.11. The van der Waals surface area contributed by atoms with Gasteiger partial charge in [-0.15, -0.1) is 0 Å². The van der Waals surface area contributed by atoms with E-state index in [1.807, 2.05) is 18.2 Å². The average Bonchev–Trinajstić information content (AvgIpc) is 2.55. The third-order valence-corrected chi connectivity index (χ3v) is 2.42. The van der Waals surface area contributed by atoms with Gasteiger partial charge in [-0.2, -0.15) is 0 Å². The van der Waals surface area contributed by atoms with E-state index in [1.54, 1.807) is 12.3 Å². The van der Waals surface area contributed by atoms with Crippen LogP contribution in [-0.4, -0.2) is 17.9 Å². The quantitative estimate of drug-likeness (QED) is 0.581. The zero-order valence-corrected chi connectivity index (χ0v) is 7.68. The fourth-order valence-electron chi connectivity index (χ4n) is 1.72. The van der Waals surface area contributed by atoms with Gasteiger partial charge in [0.15, 0.2) is 0 Å². The second-order valence-electron chi connectivity index (χ2n) is 3.32. The minimum Gasteiger partial charge on any atom is -0.284 e. The Morgan fingerprint density at radius 2 is 1.93 bits per heavy atom. The maximum atomic E-state index is 11.6. The first-order valence-corrected chi connectivity index (χ1v) is 4.50. The van der Waals surface area contributed by atoms with Crippen molar-refractivity contribution in [3.8, 4) is 0 Å². The molecule has 0 radical (unpaired) electrons. The van der Waals surface area contributed by atoms with Gasteiger partial charge in [0.25, 0.3) is 0 Å². The van der Waals surface area contributed by atoms with E-state index in [2.05, 4.69) is 4.99 Å². The van der Waals surface area contributed by atoms with Crippen LogP contribution in [0.4, 0.5) is 5.69 Å². The molecule has 2 aliphatic rings. The highest BCUT2D eigenvalue weighted by Gasteiger charge is 2.34. The number of ketones is 1. The van der Waals surface area contributed by atoms with E-state index in [-0.39, 0.29) is 0 Å². The van der Waals surface area contributed by atoms with E-state index < -0.39 is 11.7 Å². The maximum absolute atomic E-state index is 11.6. The predicted octanol–water partition coefficient (Wildman–Crippen LogP) is 0.876. The monoisotopic (exact) mass is 198 g/mol. The molecule has 1 amide bonds. The highest BCUT2D eigenvalue weighted by molar-refractivity contribution is 6.49. The molecule has 1 aromatic carbocycles. The van der Waals surface area contributed by atoms with Crippen LogP contribution in [0.15, 0.2) is 41.2 Å². The summed E-state index contributed by atoms with van der Waals surface area (Å²) in [6, 6.07) is 7.34. The lowest BCUT2D eigenvalue weighted by molar-refractivity contribution is -0.132. The predicted molar refractivity (Wildman–Crippen MR) is 54.6 cm³/mol. The van der Waals surface area contributed by atoms with Crippen molar-refractivity contribution in [3.63, 3.8) is 0 Å². The van der Waals surface area contributed by atoms with E-state index in [0.29, 0.717) is 5.82 Å². The number of rotatable bonds is 0. The van der Waals surface area contributed by atoms with Crippen LogP contribution in [0.5, 0.6) is 0 Å². The summed E-state index contributed by atoms with van der Waals surface area (Å²) in [6.07, 6.45) is 2.92. The Bertz CT molecular complexity index is 543. The summed E-state index contributed by atoms with van der Waals surface area (Å²) < 4.78 is 0. The fourth-order valence-corrected chi connectivity index (χ4v) is 1.72. The zero-order valence-electron chi connectivity index (χ0n) is 7.68.